The number of likely N-dealkylation sites (tertiary alicyclic amines) is 1. The van der Waals surface area contributed by atoms with Crippen molar-refractivity contribution in [2.45, 2.75) is 52.8 Å². The summed E-state index contributed by atoms with van der Waals surface area (Å²) < 4.78 is 29.4. The molecule has 1 N–H and O–H groups in total. The predicted octanol–water partition coefficient (Wildman–Crippen LogP) is 3.59. The third-order valence-corrected chi connectivity index (χ3v) is 4.55. The van der Waals surface area contributed by atoms with E-state index >= 15 is 0 Å². The Morgan fingerprint density at radius 2 is 2.00 bits per heavy atom. The first-order valence-corrected chi connectivity index (χ1v) is 7.81. The van der Waals surface area contributed by atoms with Crippen LogP contribution < -0.4 is 4.74 Å². The molecule has 0 spiro atoms. The second-order valence-electron chi connectivity index (χ2n) is 6.24. The zero-order valence-corrected chi connectivity index (χ0v) is 13.7. The molecule has 128 valence electrons. The Kier molecular flexibility index (Phi) is 5.57. The molecule has 1 aliphatic heterocycles. The van der Waals surface area contributed by atoms with Gasteiger partial charge in [0.25, 0.3) is 0 Å². The van der Waals surface area contributed by atoms with E-state index in [9.17, 15) is 18.7 Å². The number of hydrogen-bond donors (Lipinski definition) is 1. The van der Waals surface area contributed by atoms with Gasteiger partial charge in [-0.1, -0.05) is 12.1 Å². The Morgan fingerprint density at radius 3 is 2.52 bits per heavy atom. The normalized spacial score (nSPS) is 22.3. The van der Waals surface area contributed by atoms with Crippen LogP contribution in [0.5, 0.6) is 5.75 Å². The Morgan fingerprint density at radius 1 is 1.39 bits per heavy atom. The SMILES string of the molecule is Cc1cc(CN2CCC[C@@H](C(=O)O)[C@H]2C)cc(C)c1OC(F)F. The average molecular weight is 327 g/mol. The van der Waals surface area contributed by atoms with Crippen LogP contribution in [0.2, 0.25) is 0 Å². The van der Waals surface area contributed by atoms with Crippen molar-refractivity contribution in [3.8, 4) is 5.75 Å². The molecule has 2 atom stereocenters. The maximum absolute atomic E-state index is 12.4. The van der Waals surface area contributed by atoms with Gasteiger partial charge in [0.05, 0.1) is 5.92 Å². The number of piperidine rings is 1. The number of carboxylic acid groups (broad SMARTS) is 1. The van der Waals surface area contributed by atoms with Crippen LogP contribution in [0, 0.1) is 19.8 Å². The van der Waals surface area contributed by atoms with Gasteiger partial charge in [-0.05, 0) is 56.8 Å². The molecule has 0 radical (unpaired) electrons. The molecule has 1 aromatic rings. The molecule has 1 heterocycles. The Hall–Kier alpha value is -1.69. The largest absolute Gasteiger partial charge is 0.481 e. The van der Waals surface area contributed by atoms with Crippen LogP contribution in [0.1, 0.15) is 36.5 Å². The van der Waals surface area contributed by atoms with E-state index in [2.05, 4.69) is 9.64 Å². The molecule has 0 amide bonds. The van der Waals surface area contributed by atoms with Crippen LogP contribution >= 0.6 is 0 Å². The molecule has 6 heteroatoms. The summed E-state index contributed by atoms with van der Waals surface area (Å²) in [5.74, 6) is -0.888. The summed E-state index contributed by atoms with van der Waals surface area (Å²) in [5, 5.41) is 9.29. The Bertz CT molecular complexity index is 554. The molecule has 1 aliphatic rings. The van der Waals surface area contributed by atoms with Crippen LogP contribution in [-0.2, 0) is 11.3 Å². The van der Waals surface area contributed by atoms with E-state index in [-0.39, 0.29) is 17.7 Å². The first kappa shape index (κ1) is 17.7. The summed E-state index contributed by atoms with van der Waals surface area (Å²) in [6.07, 6.45) is 1.55. The van der Waals surface area contributed by atoms with E-state index in [1.165, 1.54) is 0 Å². The van der Waals surface area contributed by atoms with E-state index in [1.807, 2.05) is 19.1 Å². The number of benzene rings is 1. The van der Waals surface area contributed by atoms with Gasteiger partial charge in [0.2, 0.25) is 0 Å². The molecule has 0 saturated carbocycles. The van der Waals surface area contributed by atoms with Crippen LogP contribution in [0.25, 0.3) is 0 Å². The van der Waals surface area contributed by atoms with Crippen molar-refractivity contribution >= 4 is 5.97 Å². The highest BCUT2D eigenvalue weighted by atomic mass is 19.3. The van der Waals surface area contributed by atoms with Crippen LogP contribution in [-0.4, -0.2) is 35.2 Å². The van der Waals surface area contributed by atoms with E-state index < -0.39 is 12.6 Å². The molecule has 2 rings (SSSR count). The molecule has 0 aliphatic carbocycles. The van der Waals surface area contributed by atoms with Crippen molar-refractivity contribution in [2.75, 3.05) is 6.54 Å². The van der Waals surface area contributed by atoms with Crippen molar-refractivity contribution in [1.82, 2.24) is 4.90 Å². The number of carbonyl (C=O) groups is 1. The highest BCUT2D eigenvalue weighted by Gasteiger charge is 2.32. The highest BCUT2D eigenvalue weighted by Crippen LogP contribution is 2.29. The van der Waals surface area contributed by atoms with Crippen molar-refractivity contribution in [2.24, 2.45) is 5.92 Å². The molecule has 0 bridgehead atoms. The number of rotatable bonds is 5. The number of halogens is 2. The first-order valence-electron chi connectivity index (χ1n) is 7.81. The third-order valence-electron chi connectivity index (χ3n) is 4.55. The van der Waals surface area contributed by atoms with Gasteiger partial charge < -0.3 is 9.84 Å². The van der Waals surface area contributed by atoms with Gasteiger partial charge in [-0.25, -0.2) is 0 Å². The molecule has 23 heavy (non-hydrogen) atoms. The molecular formula is C17H23F2NO3. The van der Waals surface area contributed by atoms with Crippen molar-refractivity contribution in [1.29, 1.82) is 0 Å². The topological polar surface area (TPSA) is 49.8 Å². The molecule has 0 aromatic heterocycles. The second-order valence-corrected chi connectivity index (χ2v) is 6.24. The molecule has 1 fully saturated rings. The standard InChI is InChI=1S/C17H23F2NO3/c1-10-7-13(8-11(2)15(10)23-17(18)19)9-20-6-4-5-14(12(20)3)16(21)22/h7-8,12,14,17H,4-6,9H2,1-3H3,(H,21,22)/t12-,14-/m1/s1. The lowest BCUT2D eigenvalue weighted by atomic mass is 9.90. The summed E-state index contributed by atoms with van der Waals surface area (Å²) in [7, 11) is 0. The fraction of sp³-hybridized carbons (Fsp3) is 0.588. The van der Waals surface area contributed by atoms with E-state index in [0.29, 0.717) is 24.1 Å². The molecule has 1 saturated heterocycles. The minimum Gasteiger partial charge on any atom is -0.481 e. The van der Waals surface area contributed by atoms with Crippen molar-refractivity contribution < 1.29 is 23.4 Å². The minimum atomic E-state index is -2.84. The number of hydrogen-bond acceptors (Lipinski definition) is 3. The molecule has 0 unspecified atom stereocenters. The van der Waals surface area contributed by atoms with Gasteiger partial charge in [-0.2, -0.15) is 8.78 Å². The van der Waals surface area contributed by atoms with Crippen LogP contribution in [0.15, 0.2) is 12.1 Å². The lowest BCUT2D eigenvalue weighted by Crippen LogP contribution is -2.45. The van der Waals surface area contributed by atoms with Gasteiger partial charge in [0, 0.05) is 12.6 Å². The smallest absolute Gasteiger partial charge is 0.387 e. The number of ether oxygens (including phenoxy) is 1. The monoisotopic (exact) mass is 327 g/mol. The highest BCUT2D eigenvalue weighted by molar-refractivity contribution is 5.71. The second kappa shape index (κ2) is 7.25. The fourth-order valence-electron chi connectivity index (χ4n) is 3.41. The summed E-state index contributed by atoms with van der Waals surface area (Å²) in [5.41, 5.74) is 2.32. The van der Waals surface area contributed by atoms with E-state index in [0.717, 1.165) is 18.5 Å². The molecule has 4 nitrogen and oxygen atoms in total. The number of aliphatic carboxylic acids is 1. The lowest BCUT2D eigenvalue weighted by Gasteiger charge is -2.37. The van der Waals surface area contributed by atoms with Gasteiger partial charge >= 0.3 is 12.6 Å². The fourth-order valence-corrected chi connectivity index (χ4v) is 3.41. The predicted molar refractivity (Wildman–Crippen MR) is 82.8 cm³/mol. The van der Waals surface area contributed by atoms with E-state index in [1.54, 1.807) is 13.8 Å². The van der Waals surface area contributed by atoms with Crippen molar-refractivity contribution in [3.63, 3.8) is 0 Å². The number of aryl methyl sites for hydroxylation is 2. The zero-order valence-electron chi connectivity index (χ0n) is 13.7. The van der Waals surface area contributed by atoms with Crippen LogP contribution in [0.4, 0.5) is 8.78 Å². The zero-order chi connectivity index (χ0) is 17.1. The van der Waals surface area contributed by atoms with Crippen LogP contribution in [0.3, 0.4) is 0 Å². The Labute approximate surface area is 135 Å². The number of alkyl halides is 2. The third kappa shape index (κ3) is 4.19. The maximum atomic E-state index is 12.4. The minimum absolute atomic E-state index is 0.0427. The van der Waals surface area contributed by atoms with Gasteiger partial charge in [0.1, 0.15) is 5.75 Å². The first-order chi connectivity index (χ1) is 10.8. The number of nitrogens with zero attached hydrogens (tertiary/aromatic N) is 1. The van der Waals surface area contributed by atoms with Gasteiger partial charge in [0.15, 0.2) is 0 Å². The molecular weight excluding hydrogens is 304 g/mol. The molecule has 1 aromatic carbocycles. The van der Waals surface area contributed by atoms with Gasteiger partial charge in [-0.3, -0.25) is 9.69 Å². The summed E-state index contributed by atoms with van der Waals surface area (Å²) in [6, 6.07) is 3.63. The van der Waals surface area contributed by atoms with Gasteiger partial charge in [-0.15, -0.1) is 0 Å². The quantitative estimate of drug-likeness (QED) is 0.898. The maximum Gasteiger partial charge on any atom is 0.387 e. The van der Waals surface area contributed by atoms with Crippen molar-refractivity contribution in [3.05, 3.63) is 28.8 Å². The lowest BCUT2D eigenvalue weighted by molar-refractivity contribution is -0.145. The summed E-state index contributed by atoms with van der Waals surface area (Å²) in [4.78, 5) is 13.4. The van der Waals surface area contributed by atoms with E-state index in [4.69, 9.17) is 0 Å². The average Bonchev–Trinajstić information content (AvgIpc) is 2.44. The summed E-state index contributed by atoms with van der Waals surface area (Å²) in [6.45, 7) is 4.05. The number of carboxylic acids is 1. The summed E-state index contributed by atoms with van der Waals surface area (Å²) >= 11 is 0. The Balaban J connectivity index is 2.15.